The third kappa shape index (κ3) is 6.08. The van der Waals surface area contributed by atoms with E-state index in [0.29, 0.717) is 0 Å². The highest BCUT2D eigenvalue weighted by atomic mass is 35.5. The Morgan fingerprint density at radius 2 is 2.00 bits per heavy atom. The predicted molar refractivity (Wildman–Crippen MR) is 67.9 cm³/mol. The van der Waals surface area contributed by atoms with Crippen LogP contribution in [-0.4, -0.2) is 33.4 Å². The van der Waals surface area contributed by atoms with Crippen molar-refractivity contribution in [2.45, 2.75) is 6.54 Å². The molecule has 0 spiro atoms. The molecule has 0 heterocycles. The van der Waals surface area contributed by atoms with E-state index in [1.807, 2.05) is 18.2 Å². The van der Waals surface area contributed by atoms with Crippen molar-refractivity contribution in [1.82, 2.24) is 10.6 Å². The highest BCUT2D eigenvalue weighted by Crippen LogP contribution is 2.09. The second-order valence-corrected chi connectivity index (χ2v) is 3.99. The molecule has 0 bridgehead atoms. The van der Waals surface area contributed by atoms with Crippen LogP contribution >= 0.6 is 11.6 Å². The summed E-state index contributed by atoms with van der Waals surface area (Å²) < 4.78 is 4.93. The average molecular weight is 243 g/mol. The van der Waals surface area contributed by atoms with Crippen molar-refractivity contribution >= 4 is 11.6 Å². The highest BCUT2D eigenvalue weighted by Gasteiger charge is 1.93. The smallest absolute Gasteiger partial charge is 0.0587 e. The monoisotopic (exact) mass is 242 g/mol. The number of halogens is 1. The van der Waals surface area contributed by atoms with Gasteiger partial charge in [0, 0.05) is 38.3 Å². The molecule has 0 aromatic heterocycles. The Labute approximate surface area is 102 Å². The summed E-state index contributed by atoms with van der Waals surface area (Å²) in [6, 6.07) is 7.90. The standard InChI is InChI=1S/C12H19ClN2O/c1-16-8-7-14-5-6-15-10-11-3-2-4-12(13)9-11/h2-4,9,14-15H,5-8,10H2,1H3. The predicted octanol–water partition coefficient (Wildman–Crippen LogP) is 1.67. The molecule has 1 aromatic rings. The molecule has 0 radical (unpaired) electrons. The van der Waals surface area contributed by atoms with Gasteiger partial charge in [0.05, 0.1) is 6.61 Å². The molecule has 0 atom stereocenters. The van der Waals surface area contributed by atoms with Crippen LogP contribution in [0.4, 0.5) is 0 Å². The number of nitrogens with one attached hydrogen (secondary N) is 2. The maximum atomic E-state index is 5.89. The van der Waals surface area contributed by atoms with Crippen LogP contribution < -0.4 is 10.6 Å². The van der Waals surface area contributed by atoms with Crippen LogP contribution in [0.15, 0.2) is 24.3 Å². The van der Waals surface area contributed by atoms with Gasteiger partial charge in [0.1, 0.15) is 0 Å². The number of methoxy groups -OCH3 is 1. The zero-order valence-electron chi connectivity index (χ0n) is 9.63. The largest absolute Gasteiger partial charge is 0.383 e. The molecule has 3 nitrogen and oxygen atoms in total. The van der Waals surface area contributed by atoms with Crippen LogP contribution in [0.1, 0.15) is 5.56 Å². The van der Waals surface area contributed by atoms with Gasteiger partial charge in [-0.3, -0.25) is 0 Å². The molecular weight excluding hydrogens is 224 g/mol. The Morgan fingerprint density at radius 1 is 1.19 bits per heavy atom. The zero-order valence-corrected chi connectivity index (χ0v) is 10.4. The van der Waals surface area contributed by atoms with Gasteiger partial charge in [0.25, 0.3) is 0 Å². The summed E-state index contributed by atoms with van der Waals surface area (Å²) in [4.78, 5) is 0. The summed E-state index contributed by atoms with van der Waals surface area (Å²) >= 11 is 5.89. The van der Waals surface area contributed by atoms with Gasteiger partial charge < -0.3 is 15.4 Å². The van der Waals surface area contributed by atoms with Gasteiger partial charge in [0.2, 0.25) is 0 Å². The van der Waals surface area contributed by atoms with Crippen LogP contribution in [0.2, 0.25) is 5.02 Å². The first-order valence-corrected chi connectivity index (χ1v) is 5.85. The normalized spacial score (nSPS) is 10.6. The van der Waals surface area contributed by atoms with E-state index < -0.39 is 0 Å². The lowest BCUT2D eigenvalue weighted by Gasteiger charge is -2.06. The number of benzene rings is 1. The number of rotatable bonds is 8. The van der Waals surface area contributed by atoms with Crippen LogP contribution in [0, 0.1) is 0 Å². The SMILES string of the molecule is COCCNCCNCc1cccc(Cl)c1. The second-order valence-electron chi connectivity index (χ2n) is 3.55. The molecule has 0 saturated carbocycles. The van der Waals surface area contributed by atoms with Crippen molar-refractivity contribution in [2.24, 2.45) is 0 Å². The Morgan fingerprint density at radius 3 is 2.75 bits per heavy atom. The molecule has 0 unspecified atom stereocenters. The quantitative estimate of drug-likeness (QED) is 0.681. The Hall–Kier alpha value is -0.610. The molecule has 0 amide bonds. The lowest BCUT2D eigenvalue weighted by atomic mass is 10.2. The molecule has 1 rings (SSSR count). The third-order valence-electron chi connectivity index (χ3n) is 2.18. The van der Waals surface area contributed by atoms with Crippen LogP contribution in [0.25, 0.3) is 0 Å². The van der Waals surface area contributed by atoms with Gasteiger partial charge in [-0.1, -0.05) is 23.7 Å². The van der Waals surface area contributed by atoms with Gasteiger partial charge in [0.15, 0.2) is 0 Å². The maximum absolute atomic E-state index is 5.89. The van der Waals surface area contributed by atoms with Crippen LogP contribution in [0.5, 0.6) is 0 Å². The van der Waals surface area contributed by atoms with Gasteiger partial charge in [-0.15, -0.1) is 0 Å². The zero-order chi connectivity index (χ0) is 11.6. The average Bonchev–Trinajstić information content (AvgIpc) is 2.28. The van der Waals surface area contributed by atoms with E-state index >= 15 is 0 Å². The topological polar surface area (TPSA) is 33.3 Å². The van der Waals surface area contributed by atoms with Gasteiger partial charge in [-0.2, -0.15) is 0 Å². The fraction of sp³-hybridized carbons (Fsp3) is 0.500. The minimum absolute atomic E-state index is 0.758. The third-order valence-corrected chi connectivity index (χ3v) is 2.41. The van der Waals surface area contributed by atoms with E-state index in [4.69, 9.17) is 16.3 Å². The molecule has 90 valence electrons. The minimum atomic E-state index is 0.758. The first kappa shape index (κ1) is 13.5. The summed E-state index contributed by atoms with van der Waals surface area (Å²) in [5.74, 6) is 0. The first-order valence-electron chi connectivity index (χ1n) is 5.48. The van der Waals surface area contributed by atoms with Crippen LogP contribution in [0.3, 0.4) is 0 Å². The second kappa shape index (κ2) is 8.53. The number of hydrogen-bond donors (Lipinski definition) is 2. The van der Waals surface area contributed by atoms with Gasteiger partial charge >= 0.3 is 0 Å². The van der Waals surface area contributed by atoms with Crippen molar-refractivity contribution in [3.63, 3.8) is 0 Å². The van der Waals surface area contributed by atoms with Crippen molar-refractivity contribution in [1.29, 1.82) is 0 Å². The molecule has 4 heteroatoms. The highest BCUT2D eigenvalue weighted by molar-refractivity contribution is 6.30. The lowest BCUT2D eigenvalue weighted by molar-refractivity contribution is 0.199. The Kier molecular flexibility index (Phi) is 7.17. The summed E-state index contributed by atoms with van der Waals surface area (Å²) in [5, 5.41) is 7.40. The van der Waals surface area contributed by atoms with E-state index in [-0.39, 0.29) is 0 Å². The van der Waals surface area contributed by atoms with Gasteiger partial charge in [-0.25, -0.2) is 0 Å². The van der Waals surface area contributed by atoms with E-state index in [9.17, 15) is 0 Å². The summed E-state index contributed by atoms with van der Waals surface area (Å²) in [6.45, 7) is 4.40. The molecule has 0 saturated heterocycles. The Balaban J connectivity index is 2.03. The minimum Gasteiger partial charge on any atom is -0.383 e. The van der Waals surface area contributed by atoms with Crippen molar-refractivity contribution in [3.8, 4) is 0 Å². The molecule has 0 aliphatic carbocycles. The molecule has 2 N–H and O–H groups in total. The van der Waals surface area contributed by atoms with Crippen LogP contribution in [-0.2, 0) is 11.3 Å². The number of hydrogen-bond acceptors (Lipinski definition) is 3. The van der Waals surface area contributed by atoms with Crippen molar-refractivity contribution < 1.29 is 4.74 Å². The maximum Gasteiger partial charge on any atom is 0.0587 e. The van der Waals surface area contributed by atoms with E-state index in [1.165, 1.54) is 5.56 Å². The van der Waals surface area contributed by atoms with Crippen molar-refractivity contribution in [2.75, 3.05) is 33.4 Å². The molecule has 0 fully saturated rings. The van der Waals surface area contributed by atoms with E-state index in [2.05, 4.69) is 16.7 Å². The lowest BCUT2D eigenvalue weighted by Crippen LogP contribution is -2.29. The molecule has 0 aliphatic heterocycles. The molecule has 16 heavy (non-hydrogen) atoms. The summed E-state index contributed by atoms with van der Waals surface area (Å²) in [5.41, 5.74) is 1.21. The molecule has 1 aromatic carbocycles. The van der Waals surface area contributed by atoms with E-state index in [0.717, 1.165) is 37.8 Å². The van der Waals surface area contributed by atoms with E-state index in [1.54, 1.807) is 7.11 Å². The fourth-order valence-electron chi connectivity index (χ4n) is 1.36. The van der Waals surface area contributed by atoms with Crippen molar-refractivity contribution in [3.05, 3.63) is 34.9 Å². The summed E-state index contributed by atoms with van der Waals surface area (Å²) in [6.07, 6.45) is 0. The Bertz CT molecular complexity index is 294. The van der Waals surface area contributed by atoms with Gasteiger partial charge in [-0.05, 0) is 17.7 Å². The first-order chi connectivity index (χ1) is 7.83. The molecular formula is C12H19ClN2O. The summed E-state index contributed by atoms with van der Waals surface area (Å²) in [7, 11) is 1.71. The molecule has 0 aliphatic rings. The fourth-order valence-corrected chi connectivity index (χ4v) is 1.57. The number of ether oxygens (including phenoxy) is 1.